The Hall–Kier alpha value is -0.540. The summed E-state index contributed by atoms with van der Waals surface area (Å²) in [7, 11) is 1.84. The standard InChI is InChI=1S/C19H31ClO2S/c1-4-5-6-7-8-9-10-11-12-17-15-18(23(20,21)22)13-14-19(17)16(2)3/h13-16H,4-12H2,1-3H3. The van der Waals surface area contributed by atoms with Crippen LogP contribution in [0.4, 0.5) is 0 Å². The van der Waals surface area contributed by atoms with E-state index in [9.17, 15) is 8.42 Å². The fourth-order valence-electron chi connectivity index (χ4n) is 2.96. The minimum absolute atomic E-state index is 0.220. The van der Waals surface area contributed by atoms with Crippen molar-refractivity contribution in [2.75, 3.05) is 0 Å². The van der Waals surface area contributed by atoms with E-state index < -0.39 is 9.05 Å². The van der Waals surface area contributed by atoms with Gasteiger partial charge in [0.15, 0.2) is 0 Å². The summed E-state index contributed by atoms with van der Waals surface area (Å²) in [6.45, 7) is 6.52. The average Bonchev–Trinajstić information content (AvgIpc) is 2.48. The highest BCUT2D eigenvalue weighted by Crippen LogP contribution is 2.26. The molecule has 0 saturated carbocycles. The van der Waals surface area contributed by atoms with Gasteiger partial charge in [0.05, 0.1) is 4.90 Å². The molecule has 0 heterocycles. The molecule has 2 nitrogen and oxygen atoms in total. The van der Waals surface area contributed by atoms with Gasteiger partial charge in [0, 0.05) is 10.7 Å². The van der Waals surface area contributed by atoms with Gasteiger partial charge in [-0.1, -0.05) is 71.8 Å². The summed E-state index contributed by atoms with van der Waals surface area (Å²) in [6.07, 6.45) is 11.2. The van der Waals surface area contributed by atoms with Crippen molar-refractivity contribution >= 4 is 19.7 Å². The molecule has 4 heteroatoms. The molecule has 0 saturated heterocycles. The average molecular weight is 359 g/mol. The highest BCUT2D eigenvalue weighted by atomic mass is 35.7. The summed E-state index contributed by atoms with van der Waals surface area (Å²) in [4.78, 5) is 0.220. The van der Waals surface area contributed by atoms with Gasteiger partial charge >= 0.3 is 0 Å². The van der Waals surface area contributed by atoms with Gasteiger partial charge in [-0.3, -0.25) is 0 Å². The maximum absolute atomic E-state index is 11.5. The molecule has 0 amide bonds. The zero-order valence-electron chi connectivity index (χ0n) is 14.8. The van der Waals surface area contributed by atoms with E-state index in [-0.39, 0.29) is 4.90 Å². The number of benzene rings is 1. The normalized spacial score (nSPS) is 12.0. The Morgan fingerprint density at radius 1 is 0.957 bits per heavy atom. The molecule has 23 heavy (non-hydrogen) atoms. The molecule has 0 bridgehead atoms. The number of unbranched alkanes of at least 4 members (excludes halogenated alkanes) is 7. The highest BCUT2D eigenvalue weighted by Gasteiger charge is 2.14. The van der Waals surface area contributed by atoms with Gasteiger partial charge in [0.1, 0.15) is 0 Å². The highest BCUT2D eigenvalue weighted by molar-refractivity contribution is 8.13. The summed E-state index contributed by atoms with van der Waals surface area (Å²) < 4.78 is 23.1. The van der Waals surface area contributed by atoms with E-state index >= 15 is 0 Å². The maximum Gasteiger partial charge on any atom is 0.261 e. The summed E-state index contributed by atoms with van der Waals surface area (Å²) in [5.41, 5.74) is 2.37. The number of rotatable bonds is 11. The minimum Gasteiger partial charge on any atom is -0.207 e. The minimum atomic E-state index is -3.64. The quantitative estimate of drug-likeness (QED) is 0.337. The Morgan fingerprint density at radius 3 is 2.04 bits per heavy atom. The van der Waals surface area contributed by atoms with Gasteiger partial charge in [-0.15, -0.1) is 0 Å². The van der Waals surface area contributed by atoms with Gasteiger partial charge in [0.2, 0.25) is 0 Å². The lowest BCUT2D eigenvalue weighted by atomic mass is 9.93. The van der Waals surface area contributed by atoms with Crippen molar-refractivity contribution in [1.82, 2.24) is 0 Å². The van der Waals surface area contributed by atoms with Crippen LogP contribution in [0.15, 0.2) is 23.1 Å². The van der Waals surface area contributed by atoms with Crippen molar-refractivity contribution in [3.8, 4) is 0 Å². The van der Waals surface area contributed by atoms with E-state index in [1.54, 1.807) is 12.1 Å². The van der Waals surface area contributed by atoms with Crippen LogP contribution < -0.4 is 0 Å². The first-order chi connectivity index (χ1) is 10.9. The Morgan fingerprint density at radius 2 is 1.52 bits per heavy atom. The molecule has 0 aliphatic heterocycles. The smallest absolute Gasteiger partial charge is 0.207 e. The monoisotopic (exact) mass is 358 g/mol. The molecule has 0 fully saturated rings. The van der Waals surface area contributed by atoms with Crippen LogP contribution in [-0.2, 0) is 15.5 Å². The van der Waals surface area contributed by atoms with E-state index in [2.05, 4.69) is 20.8 Å². The molecule has 0 unspecified atom stereocenters. The number of halogens is 1. The molecule has 0 N–H and O–H groups in total. The third kappa shape index (κ3) is 7.71. The van der Waals surface area contributed by atoms with Gasteiger partial charge < -0.3 is 0 Å². The first-order valence-electron chi connectivity index (χ1n) is 8.93. The fourth-order valence-corrected chi connectivity index (χ4v) is 3.76. The first kappa shape index (κ1) is 20.5. The summed E-state index contributed by atoms with van der Waals surface area (Å²) in [5, 5.41) is 0. The Balaban J connectivity index is 2.54. The van der Waals surface area contributed by atoms with Crippen LogP contribution >= 0.6 is 10.7 Å². The van der Waals surface area contributed by atoms with Crippen molar-refractivity contribution in [3.05, 3.63) is 29.3 Å². The lowest BCUT2D eigenvalue weighted by molar-refractivity contribution is 0.574. The molecular formula is C19H31ClO2S. The molecule has 0 atom stereocenters. The molecule has 1 aromatic carbocycles. The van der Waals surface area contributed by atoms with Crippen LogP contribution in [-0.4, -0.2) is 8.42 Å². The van der Waals surface area contributed by atoms with Crippen LogP contribution in [0, 0.1) is 0 Å². The van der Waals surface area contributed by atoms with Crippen LogP contribution in [0.25, 0.3) is 0 Å². The van der Waals surface area contributed by atoms with Crippen molar-refractivity contribution in [2.24, 2.45) is 0 Å². The van der Waals surface area contributed by atoms with E-state index in [1.165, 1.54) is 50.5 Å². The summed E-state index contributed by atoms with van der Waals surface area (Å²) >= 11 is 0. The fraction of sp³-hybridized carbons (Fsp3) is 0.684. The molecule has 1 rings (SSSR count). The Bertz CT molecular complexity index is 565. The summed E-state index contributed by atoms with van der Waals surface area (Å²) in [5.74, 6) is 0.395. The second-order valence-corrected chi connectivity index (χ2v) is 9.24. The van der Waals surface area contributed by atoms with E-state index in [0.717, 1.165) is 18.4 Å². The number of hydrogen-bond acceptors (Lipinski definition) is 2. The van der Waals surface area contributed by atoms with Crippen molar-refractivity contribution in [3.63, 3.8) is 0 Å². The van der Waals surface area contributed by atoms with Gasteiger partial charge in [-0.25, -0.2) is 8.42 Å². The molecule has 1 aromatic rings. The largest absolute Gasteiger partial charge is 0.261 e. The predicted molar refractivity (Wildman–Crippen MR) is 99.9 cm³/mol. The van der Waals surface area contributed by atoms with Crippen LogP contribution in [0.1, 0.15) is 89.2 Å². The predicted octanol–water partition coefficient (Wildman–Crippen LogP) is 6.42. The molecule has 0 spiro atoms. The molecular weight excluding hydrogens is 328 g/mol. The van der Waals surface area contributed by atoms with Gasteiger partial charge in [-0.2, -0.15) is 0 Å². The van der Waals surface area contributed by atoms with Crippen molar-refractivity contribution in [1.29, 1.82) is 0 Å². The zero-order chi connectivity index (χ0) is 17.3. The topological polar surface area (TPSA) is 34.1 Å². The second kappa shape index (κ2) is 10.4. The van der Waals surface area contributed by atoms with E-state index in [0.29, 0.717) is 5.92 Å². The number of aryl methyl sites for hydroxylation is 1. The molecule has 0 aliphatic carbocycles. The molecule has 0 aromatic heterocycles. The lowest BCUT2D eigenvalue weighted by Crippen LogP contribution is -2.00. The van der Waals surface area contributed by atoms with E-state index in [1.807, 2.05) is 6.07 Å². The van der Waals surface area contributed by atoms with Gasteiger partial charge in [-0.05, 0) is 42.0 Å². The molecule has 0 radical (unpaired) electrons. The van der Waals surface area contributed by atoms with Crippen LogP contribution in [0.2, 0.25) is 0 Å². The maximum atomic E-state index is 11.5. The van der Waals surface area contributed by atoms with Crippen molar-refractivity contribution < 1.29 is 8.42 Å². The Kier molecular flexibility index (Phi) is 9.23. The van der Waals surface area contributed by atoms with Crippen molar-refractivity contribution in [2.45, 2.75) is 89.4 Å². The molecule has 0 aliphatic rings. The van der Waals surface area contributed by atoms with Crippen LogP contribution in [0.5, 0.6) is 0 Å². The van der Waals surface area contributed by atoms with Gasteiger partial charge in [0.25, 0.3) is 9.05 Å². The SMILES string of the molecule is CCCCCCCCCCc1cc(S(=O)(=O)Cl)ccc1C(C)C. The number of hydrogen-bond donors (Lipinski definition) is 0. The van der Waals surface area contributed by atoms with E-state index in [4.69, 9.17) is 10.7 Å². The second-order valence-electron chi connectivity index (χ2n) is 6.68. The van der Waals surface area contributed by atoms with Crippen LogP contribution in [0.3, 0.4) is 0 Å². The lowest BCUT2D eigenvalue weighted by Gasteiger charge is -2.14. The summed E-state index contributed by atoms with van der Waals surface area (Å²) in [6, 6.07) is 5.30. The first-order valence-corrected chi connectivity index (χ1v) is 11.2. The molecule has 132 valence electrons. The zero-order valence-corrected chi connectivity index (χ0v) is 16.3. The third-order valence-corrected chi connectivity index (χ3v) is 5.67. The Labute approximate surface area is 147 Å². The third-order valence-electron chi connectivity index (χ3n) is 4.32.